The number of hydrogen-bond acceptors (Lipinski definition) is 6. The van der Waals surface area contributed by atoms with Gasteiger partial charge in [0.25, 0.3) is 0 Å². The first kappa shape index (κ1) is 31.2. The third-order valence-corrected chi connectivity index (χ3v) is 3.04. The maximum atomic E-state index is 11.1. The van der Waals surface area contributed by atoms with E-state index < -0.39 is 6.09 Å². The van der Waals surface area contributed by atoms with E-state index >= 15 is 0 Å². The predicted molar refractivity (Wildman–Crippen MR) is 126 cm³/mol. The van der Waals surface area contributed by atoms with E-state index in [4.69, 9.17) is 15.2 Å². The van der Waals surface area contributed by atoms with Crippen molar-refractivity contribution < 1.29 is 28.6 Å². The number of esters is 1. The van der Waals surface area contributed by atoms with Crippen LogP contribution in [0, 0.1) is 0 Å². The molecule has 1 aromatic rings. The standard InChI is InChI=1S/C10H18O2.C8H9NO2.C6H13NO2/c1-5-6-7-8-9(11)12-10(2,3)4;9-8(10)11-6-7-4-2-1-3-5-7;1-6(2,3)9-5(8)7-4/h5H,1,6-8H2,2-4H3;1-5H,6H2,(H2,9,10);1-4H3,(H,7,8). The number of hydrogen-bond donors (Lipinski definition) is 2. The monoisotopic (exact) mass is 452 g/mol. The average Bonchev–Trinajstić information content (AvgIpc) is 2.65. The molecule has 0 radical (unpaired) electrons. The number of carbonyl (C=O) groups excluding carboxylic acids is 3. The van der Waals surface area contributed by atoms with E-state index in [0.717, 1.165) is 18.4 Å². The Morgan fingerprint density at radius 1 is 1.00 bits per heavy atom. The predicted octanol–water partition coefficient (Wildman–Crippen LogP) is 5.11. The van der Waals surface area contributed by atoms with Gasteiger partial charge in [-0.3, -0.25) is 4.79 Å². The Morgan fingerprint density at radius 3 is 1.91 bits per heavy atom. The summed E-state index contributed by atoms with van der Waals surface area (Å²) in [6, 6.07) is 9.37. The quantitative estimate of drug-likeness (QED) is 0.268. The van der Waals surface area contributed by atoms with Gasteiger partial charge in [-0.2, -0.15) is 0 Å². The van der Waals surface area contributed by atoms with Crippen LogP contribution >= 0.6 is 0 Å². The number of alkyl carbamates (subject to hydrolysis) is 1. The van der Waals surface area contributed by atoms with Gasteiger partial charge in [0.05, 0.1) is 0 Å². The lowest BCUT2D eigenvalue weighted by molar-refractivity contribution is -0.154. The number of ether oxygens (including phenoxy) is 3. The molecule has 32 heavy (non-hydrogen) atoms. The summed E-state index contributed by atoms with van der Waals surface area (Å²) in [5, 5.41) is 2.36. The van der Waals surface area contributed by atoms with Crippen LogP contribution in [0.5, 0.6) is 0 Å². The van der Waals surface area contributed by atoms with Crippen LogP contribution in [0.4, 0.5) is 9.59 Å². The van der Waals surface area contributed by atoms with Crippen molar-refractivity contribution in [1.29, 1.82) is 0 Å². The van der Waals surface area contributed by atoms with Crippen molar-refractivity contribution in [2.45, 2.75) is 78.6 Å². The summed E-state index contributed by atoms with van der Waals surface area (Å²) in [7, 11) is 1.54. The van der Waals surface area contributed by atoms with Crippen molar-refractivity contribution in [3.8, 4) is 0 Å². The molecular formula is C24H40N2O6. The van der Waals surface area contributed by atoms with Crippen LogP contribution in [0.2, 0.25) is 0 Å². The number of amides is 2. The highest BCUT2D eigenvalue weighted by Gasteiger charge is 2.15. The van der Waals surface area contributed by atoms with E-state index in [1.807, 2.05) is 78.0 Å². The van der Waals surface area contributed by atoms with Gasteiger partial charge in [0.1, 0.15) is 17.8 Å². The topological polar surface area (TPSA) is 117 Å². The van der Waals surface area contributed by atoms with Crippen molar-refractivity contribution >= 4 is 18.2 Å². The SMILES string of the molecule is C=CCCCC(=O)OC(C)(C)C.CNC(=O)OC(C)(C)C.NC(=O)OCc1ccccc1. The number of primary amides is 1. The highest BCUT2D eigenvalue weighted by atomic mass is 16.6. The molecule has 0 saturated heterocycles. The minimum Gasteiger partial charge on any atom is -0.460 e. The molecule has 1 rings (SSSR count). The number of allylic oxidation sites excluding steroid dienone is 1. The summed E-state index contributed by atoms with van der Waals surface area (Å²) in [6.45, 7) is 14.9. The van der Waals surface area contributed by atoms with Crippen molar-refractivity contribution in [3.05, 3.63) is 48.6 Å². The lowest BCUT2D eigenvalue weighted by atomic mass is 10.2. The summed E-state index contributed by atoms with van der Waals surface area (Å²) in [5.74, 6) is -0.121. The van der Waals surface area contributed by atoms with Gasteiger partial charge in [-0.25, -0.2) is 9.59 Å². The van der Waals surface area contributed by atoms with E-state index in [0.29, 0.717) is 6.42 Å². The third-order valence-electron chi connectivity index (χ3n) is 3.04. The molecule has 0 aromatic heterocycles. The van der Waals surface area contributed by atoms with Gasteiger partial charge in [-0.05, 0) is 59.9 Å². The Morgan fingerprint density at radius 2 is 1.53 bits per heavy atom. The van der Waals surface area contributed by atoms with Gasteiger partial charge in [-0.1, -0.05) is 36.4 Å². The number of rotatable bonds is 6. The van der Waals surface area contributed by atoms with Crippen LogP contribution in [-0.2, 0) is 25.6 Å². The molecule has 0 aliphatic heterocycles. The second-order valence-electron chi connectivity index (χ2n) is 8.61. The maximum absolute atomic E-state index is 11.1. The van der Waals surface area contributed by atoms with Gasteiger partial charge in [0.2, 0.25) is 0 Å². The first-order valence-corrected chi connectivity index (χ1v) is 10.4. The maximum Gasteiger partial charge on any atom is 0.407 e. The van der Waals surface area contributed by atoms with Gasteiger partial charge in [0.15, 0.2) is 0 Å². The van der Waals surface area contributed by atoms with Gasteiger partial charge < -0.3 is 25.3 Å². The number of nitrogens with one attached hydrogen (secondary N) is 1. The van der Waals surface area contributed by atoms with E-state index in [1.54, 1.807) is 0 Å². The van der Waals surface area contributed by atoms with Crippen LogP contribution in [0.1, 0.15) is 66.4 Å². The van der Waals surface area contributed by atoms with Gasteiger partial charge in [-0.15, -0.1) is 6.58 Å². The minimum atomic E-state index is -0.742. The molecule has 0 fully saturated rings. The zero-order valence-corrected chi connectivity index (χ0v) is 20.5. The second kappa shape index (κ2) is 16.6. The molecule has 0 aliphatic carbocycles. The number of unbranched alkanes of at least 4 members (excludes halogenated alkanes) is 1. The molecule has 0 bridgehead atoms. The Balaban J connectivity index is 0. The van der Waals surface area contributed by atoms with E-state index in [2.05, 4.69) is 16.6 Å². The molecule has 0 unspecified atom stereocenters. The molecule has 0 heterocycles. The fourth-order valence-electron chi connectivity index (χ4n) is 1.84. The summed E-state index contributed by atoms with van der Waals surface area (Å²) in [6.07, 6.45) is 2.88. The van der Waals surface area contributed by atoms with Crippen molar-refractivity contribution in [1.82, 2.24) is 5.32 Å². The molecule has 2 amide bonds. The van der Waals surface area contributed by atoms with Crippen LogP contribution in [0.3, 0.4) is 0 Å². The lowest BCUT2D eigenvalue weighted by Crippen LogP contribution is -2.30. The first-order valence-electron chi connectivity index (χ1n) is 10.4. The van der Waals surface area contributed by atoms with Crippen LogP contribution < -0.4 is 11.1 Å². The molecule has 0 atom stereocenters. The van der Waals surface area contributed by atoms with Crippen LogP contribution in [0.15, 0.2) is 43.0 Å². The third kappa shape index (κ3) is 25.0. The van der Waals surface area contributed by atoms with Crippen LogP contribution in [-0.4, -0.2) is 36.4 Å². The Kier molecular flexibility index (Phi) is 16.2. The summed E-state index contributed by atoms with van der Waals surface area (Å²) < 4.78 is 14.5. The smallest absolute Gasteiger partial charge is 0.407 e. The molecule has 0 aliphatic rings. The summed E-state index contributed by atoms with van der Waals surface area (Å²) in [5.41, 5.74) is 4.97. The first-order chi connectivity index (χ1) is 14.7. The molecule has 8 nitrogen and oxygen atoms in total. The normalized spacial score (nSPS) is 10.2. The molecule has 1 aromatic carbocycles. The largest absolute Gasteiger partial charge is 0.460 e. The zero-order chi connectivity index (χ0) is 25.2. The molecular weight excluding hydrogens is 412 g/mol. The Labute approximate surface area is 192 Å². The molecule has 3 N–H and O–H groups in total. The van der Waals surface area contributed by atoms with Gasteiger partial charge >= 0.3 is 18.2 Å². The summed E-state index contributed by atoms with van der Waals surface area (Å²) in [4.78, 5) is 31.7. The highest BCUT2D eigenvalue weighted by Crippen LogP contribution is 2.09. The lowest BCUT2D eigenvalue weighted by Gasteiger charge is -2.19. The average molecular weight is 453 g/mol. The number of benzene rings is 1. The van der Waals surface area contributed by atoms with Crippen molar-refractivity contribution in [2.75, 3.05) is 7.05 Å². The van der Waals surface area contributed by atoms with Crippen molar-refractivity contribution in [3.63, 3.8) is 0 Å². The molecule has 0 spiro atoms. The minimum absolute atomic E-state index is 0.121. The Bertz CT molecular complexity index is 676. The number of carbonyl (C=O) groups is 3. The molecule has 0 saturated carbocycles. The molecule has 182 valence electrons. The van der Waals surface area contributed by atoms with E-state index in [1.165, 1.54) is 7.05 Å². The van der Waals surface area contributed by atoms with Crippen molar-refractivity contribution in [2.24, 2.45) is 5.73 Å². The van der Waals surface area contributed by atoms with E-state index in [9.17, 15) is 14.4 Å². The van der Waals surface area contributed by atoms with E-state index in [-0.39, 0.29) is 29.9 Å². The second-order valence-corrected chi connectivity index (χ2v) is 8.61. The fraction of sp³-hybridized carbons (Fsp3) is 0.542. The Hall–Kier alpha value is -3.03. The fourth-order valence-corrected chi connectivity index (χ4v) is 1.84. The molecule has 8 heteroatoms. The summed E-state index contributed by atoms with van der Waals surface area (Å²) >= 11 is 0. The highest BCUT2D eigenvalue weighted by molar-refractivity contribution is 5.69. The van der Waals surface area contributed by atoms with Gasteiger partial charge in [0, 0.05) is 13.5 Å². The number of nitrogens with two attached hydrogens (primary N) is 1. The zero-order valence-electron chi connectivity index (χ0n) is 20.5. The van der Waals surface area contributed by atoms with Crippen LogP contribution in [0.25, 0.3) is 0 Å².